The first-order chi connectivity index (χ1) is 12.7. The van der Waals surface area contributed by atoms with Gasteiger partial charge >= 0.3 is 0 Å². The third kappa shape index (κ3) is 4.71. The quantitative estimate of drug-likeness (QED) is 0.834. The van der Waals surface area contributed by atoms with Gasteiger partial charge in [0.1, 0.15) is 18.0 Å². The summed E-state index contributed by atoms with van der Waals surface area (Å²) >= 11 is 0. The van der Waals surface area contributed by atoms with E-state index in [1.807, 2.05) is 18.2 Å². The summed E-state index contributed by atoms with van der Waals surface area (Å²) in [6.45, 7) is 6.58. The number of hydrogen-bond donors (Lipinski definition) is 2. The first-order valence-corrected chi connectivity index (χ1v) is 9.34. The molecule has 1 saturated heterocycles. The third-order valence-electron chi connectivity index (χ3n) is 4.72. The van der Waals surface area contributed by atoms with Crippen molar-refractivity contribution in [3.05, 3.63) is 42.2 Å². The van der Waals surface area contributed by atoms with Gasteiger partial charge in [0, 0.05) is 37.3 Å². The van der Waals surface area contributed by atoms with Crippen molar-refractivity contribution in [1.29, 1.82) is 0 Å². The Hall–Kier alpha value is -2.63. The van der Waals surface area contributed by atoms with E-state index in [0.29, 0.717) is 0 Å². The Balaban J connectivity index is 1.59. The van der Waals surface area contributed by atoms with Crippen LogP contribution in [0.2, 0.25) is 0 Å². The minimum Gasteiger partial charge on any atom is -0.356 e. The highest BCUT2D eigenvalue weighted by Gasteiger charge is 2.25. The van der Waals surface area contributed by atoms with Gasteiger partial charge in [-0.3, -0.25) is 4.79 Å². The van der Waals surface area contributed by atoms with E-state index in [1.54, 1.807) is 6.33 Å². The van der Waals surface area contributed by atoms with Crippen molar-refractivity contribution in [2.45, 2.75) is 33.1 Å². The number of nitrogens with one attached hydrogen (secondary N) is 2. The Morgan fingerprint density at radius 2 is 1.92 bits per heavy atom. The summed E-state index contributed by atoms with van der Waals surface area (Å²) in [5, 5.41) is 6.32. The van der Waals surface area contributed by atoms with Crippen LogP contribution in [0, 0.1) is 12.8 Å². The molecule has 6 nitrogen and oxygen atoms in total. The van der Waals surface area contributed by atoms with E-state index in [1.165, 1.54) is 5.56 Å². The number of carbonyl (C=O) groups is 1. The van der Waals surface area contributed by atoms with Crippen LogP contribution >= 0.6 is 0 Å². The Morgan fingerprint density at radius 1 is 1.19 bits per heavy atom. The molecule has 1 aromatic carbocycles. The summed E-state index contributed by atoms with van der Waals surface area (Å²) in [5.41, 5.74) is 2.23. The van der Waals surface area contributed by atoms with Crippen molar-refractivity contribution in [1.82, 2.24) is 15.3 Å². The molecule has 0 aliphatic carbocycles. The molecule has 2 aromatic rings. The second-order valence-electron chi connectivity index (χ2n) is 6.80. The minimum atomic E-state index is 0.116. The fourth-order valence-electron chi connectivity index (χ4n) is 3.14. The van der Waals surface area contributed by atoms with Gasteiger partial charge in [0.05, 0.1) is 0 Å². The van der Waals surface area contributed by atoms with Crippen LogP contribution in [0.25, 0.3) is 0 Å². The molecule has 0 spiro atoms. The van der Waals surface area contributed by atoms with Crippen LogP contribution in [0.15, 0.2) is 36.7 Å². The van der Waals surface area contributed by atoms with Crippen molar-refractivity contribution in [2.24, 2.45) is 5.92 Å². The van der Waals surface area contributed by atoms with E-state index in [-0.39, 0.29) is 11.8 Å². The lowest BCUT2D eigenvalue weighted by atomic mass is 9.96. The van der Waals surface area contributed by atoms with Gasteiger partial charge < -0.3 is 15.5 Å². The molecule has 0 bridgehead atoms. The maximum Gasteiger partial charge on any atom is 0.223 e. The van der Waals surface area contributed by atoms with Crippen LogP contribution in [0.3, 0.4) is 0 Å². The zero-order valence-electron chi connectivity index (χ0n) is 15.5. The number of aromatic nitrogens is 2. The van der Waals surface area contributed by atoms with Gasteiger partial charge in [0.25, 0.3) is 0 Å². The highest BCUT2D eigenvalue weighted by molar-refractivity contribution is 5.79. The Morgan fingerprint density at radius 3 is 2.62 bits per heavy atom. The molecule has 26 heavy (non-hydrogen) atoms. The number of anilines is 3. The molecule has 138 valence electrons. The Bertz CT molecular complexity index is 723. The highest BCUT2D eigenvalue weighted by atomic mass is 16.1. The largest absolute Gasteiger partial charge is 0.356 e. The smallest absolute Gasteiger partial charge is 0.223 e. The van der Waals surface area contributed by atoms with Crippen LogP contribution < -0.4 is 15.5 Å². The summed E-state index contributed by atoms with van der Waals surface area (Å²) in [7, 11) is 0. The van der Waals surface area contributed by atoms with E-state index in [2.05, 4.69) is 51.5 Å². The van der Waals surface area contributed by atoms with Gasteiger partial charge in [0.15, 0.2) is 0 Å². The molecule has 1 fully saturated rings. The second kappa shape index (κ2) is 8.65. The van der Waals surface area contributed by atoms with E-state index in [0.717, 1.165) is 56.2 Å². The molecule has 3 rings (SSSR count). The molecule has 1 aromatic heterocycles. The van der Waals surface area contributed by atoms with Crippen LogP contribution in [-0.4, -0.2) is 35.5 Å². The average molecular weight is 353 g/mol. The molecular formula is C20H27N5O. The van der Waals surface area contributed by atoms with Crippen LogP contribution in [0.1, 0.15) is 31.7 Å². The van der Waals surface area contributed by atoms with Crippen molar-refractivity contribution >= 4 is 23.2 Å². The lowest BCUT2D eigenvalue weighted by Gasteiger charge is -2.32. The summed E-state index contributed by atoms with van der Waals surface area (Å²) < 4.78 is 0. The number of rotatable bonds is 6. The normalized spacial score (nSPS) is 14.9. The number of hydrogen-bond acceptors (Lipinski definition) is 5. The molecule has 1 amide bonds. The van der Waals surface area contributed by atoms with Crippen LogP contribution in [0.5, 0.6) is 0 Å². The highest BCUT2D eigenvalue weighted by Crippen LogP contribution is 2.24. The van der Waals surface area contributed by atoms with E-state index in [9.17, 15) is 4.79 Å². The average Bonchev–Trinajstić information content (AvgIpc) is 2.68. The lowest BCUT2D eigenvalue weighted by molar-refractivity contribution is -0.125. The third-order valence-corrected chi connectivity index (χ3v) is 4.72. The van der Waals surface area contributed by atoms with Gasteiger partial charge in [-0.15, -0.1) is 0 Å². The second-order valence-corrected chi connectivity index (χ2v) is 6.80. The number of nitrogens with zero attached hydrogens (tertiary/aromatic N) is 3. The van der Waals surface area contributed by atoms with Crippen molar-refractivity contribution < 1.29 is 4.79 Å². The van der Waals surface area contributed by atoms with E-state index in [4.69, 9.17) is 0 Å². The van der Waals surface area contributed by atoms with Crippen molar-refractivity contribution in [2.75, 3.05) is 29.9 Å². The first kappa shape index (κ1) is 18.2. The molecule has 2 N–H and O–H groups in total. The predicted octanol–water partition coefficient (Wildman–Crippen LogP) is 3.27. The molecule has 6 heteroatoms. The maximum atomic E-state index is 12.1. The van der Waals surface area contributed by atoms with Gasteiger partial charge in [-0.1, -0.05) is 24.6 Å². The van der Waals surface area contributed by atoms with Crippen LogP contribution in [0.4, 0.5) is 17.3 Å². The number of aryl methyl sites for hydroxylation is 1. The molecule has 0 unspecified atom stereocenters. The van der Waals surface area contributed by atoms with Crippen molar-refractivity contribution in [3.8, 4) is 0 Å². The number of piperidine rings is 1. The fraction of sp³-hybridized carbons (Fsp3) is 0.450. The summed E-state index contributed by atoms with van der Waals surface area (Å²) in [4.78, 5) is 23.1. The molecular weight excluding hydrogens is 326 g/mol. The van der Waals surface area contributed by atoms with Gasteiger partial charge in [-0.25, -0.2) is 9.97 Å². The maximum absolute atomic E-state index is 12.1. The minimum absolute atomic E-state index is 0.116. The van der Waals surface area contributed by atoms with E-state index >= 15 is 0 Å². The molecule has 0 atom stereocenters. The van der Waals surface area contributed by atoms with Gasteiger partial charge in [-0.05, 0) is 38.3 Å². The Kier molecular flexibility index (Phi) is 6.04. The first-order valence-electron chi connectivity index (χ1n) is 9.34. The SMILES string of the molecule is CCCNC(=O)C1CCN(c2cc(Nc3ccc(C)cc3)ncn2)CC1. The predicted molar refractivity (Wildman–Crippen MR) is 105 cm³/mol. The lowest BCUT2D eigenvalue weighted by Crippen LogP contribution is -2.41. The monoisotopic (exact) mass is 353 g/mol. The van der Waals surface area contributed by atoms with Gasteiger partial charge in [0.2, 0.25) is 5.91 Å². The Labute approximate surface area is 155 Å². The summed E-state index contributed by atoms with van der Waals surface area (Å²) in [5.74, 6) is 1.99. The molecule has 1 aliphatic rings. The van der Waals surface area contributed by atoms with Crippen LogP contribution in [-0.2, 0) is 4.79 Å². The summed E-state index contributed by atoms with van der Waals surface area (Å²) in [6, 6.07) is 10.2. The van der Waals surface area contributed by atoms with Crippen molar-refractivity contribution in [3.63, 3.8) is 0 Å². The summed E-state index contributed by atoms with van der Waals surface area (Å²) in [6.07, 6.45) is 4.29. The zero-order chi connectivity index (χ0) is 18.4. The topological polar surface area (TPSA) is 70.2 Å². The molecule has 0 saturated carbocycles. The molecule has 2 heterocycles. The number of benzene rings is 1. The zero-order valence-corrected chi connectivity index (χ0v) is 15.5. The van der Waals surface area contributed by atoms with Gasteiger partial charge in [-0.2, -0.15) is 0 Å². The standard InChI is InChI=1S/C20H27N5O/c1-3-10-21-20(26)16-8-11-25(12-9-16)19-13-18(22-14-23-19)24-17-6-4-15(2)5-7-17/h4-7,13-14,16H,3,8-12H2,1-2H3,(H,21,26)(H,22,23,24). The fourth-order valence-corrected chi connectivity index (χ4v) is 3.14. The molecule has 1 aliphatic heterocycles. The number of carbonyl (C=O) groups excluding carboxylic acids is 1. The molecule has 0 radical (unpaired) electrons. The van der Waals surface area contributed by atoms with E-state index < -0.39 is 0 Å². The number of amides is 1.